The minimum absolute atomic E-state index is 0.0471. The molecule has 1 fully saturated rings. The maximum atomic E-state index is 13.4. The summed E-state index contributed by atoms with van der Waals surface area (Å²) in [6, 6.07) is 15.6. The topological polar surface area (TPSA) is 89.0 Å². The minimum Gasteiger partial charge on any atom is -0.507 e. The number of rotatable bonds is 8. The van der Waals surface area contributed by atoms with Gasteiger partial charge < -0.3 is 19.5 Å². The molecule has 0 unspecified atom stereocenters. The lowest BCUT2D eigenvalue weighted by atomic mass is 9.94. The van der Waals surface area contributed by atoms with Crippen LogP contribution >= 0.6 is 0 Å². The highest BCUT2D eigenvalue weighted by atomic mass is 16.5. The van der Waals surface area contributed by atoms with Crippen molar-refractivity contribution < 1.29 is 24.2 Å². The average Bonchev–Trinajstić information content (AvgIpc) is 3.40. The average molecular weight is 513 g/mol. The van der Waals surface area contributed by atoms with E-state index >= 15 is 0 Å². The van der Waals surface area contributed by atoms with Crippen molar-refractivity contribution in [3.63, 3.8) is 0 Å². The van der Waals surface area contributed by atoms with Gasteiger partial charge in [-0.15, -0.1) is 0 Å². The van der Waals surface area contributed by atoms with E-state index in [-0.39, 0.29) is 24.0 Å². The first-order valence-electron chi connectivity index (χ1n) is 13.0. The fourth-order valence-corrected chi connectivity index (χ4v) is 4.99. The molecule has 1 N–H and O–H groups in total. The molecule has 2 aromatic carbocycles. The number of Topliss-reactive ketones (excluding diaryl/α,β-unsaturated/α-hetero) is 1. The van der Waals surface area contributed by atoms with Gasteiger partial charge in [0.1, 0.15) is 23.4 Å². The van der Waals surface area contributed by atoms with Gasteiger partial charge >= 0.3 is 0 Å². The molecule has 2 atom stereocenters. The number of carbonyl (C=O) groups is 2. The zero-order valence-corrected chi connectivity index (χ0v) is 21.9. The number of aliphatic hydroxyl groups is 1. The van der Waals surface area contributed by atoms with Crippen LogP contribution in [0.2, 0.25) is 0 Å². The highest BCUT2D eigenvalue weighted by Gasteiger charge is 2.46. The molecular weight excluding hydrogens is 480 g/mol. The Morgan fingerprint density at radius 3 is 2.76 bits per heavy atom. The van der Waals surface area contributed by atoms with Gasteiger partial charge in [-0.25, -0.2) is 0 Å². The molecule has 2 aliphatic rings. The van der Waals surface area contributed by atoms with Gasteiger partial charge in [-0.1, -0.05) is 32.0 Å². The maximum Gasteiger partial charge on any atom is 0.295 e. The van der Waals surface area contributed by atoms with E-state index in [2.05, 4.69) is 18.8 Å². The normalized spacial score (nSPS) is 20.1. The number of amides is 1. The monoisotopic (exact) mass is 512 g/mol. The van der Waals surface area contributed by atoms with Gasteiger partial charge in [0.25, 0.3) is 11.7 Å². The molecule has 3 heterocycles. The zero-order valence-electron chi connectivity index (χ0n) is 21.9. The summed E-state index contributed by atoms with van der Waals surface area (Å²) in [5.41, 5.74) is 2.98. The van der Waals surface area contributed by atoms with Gasteiger partial charge in [0.05, 0.1) is 18.2 Å². The summed E-state index contributed by atoms with van der Waals surface area (Å²) in [6.07, 6.45) is 5.00. The second kappa shape index (κ2) is 10.7. The molecule has 7 heteroatoms. The predicted molar refractivity (Wildman–Crippen MR) is 144 cm³/mol. The van der Waals surface area contributed by atoms with E-state index in [0.29, 0.717) is 35.8 Å². The number of ketones is 1. The Morgan fingerprint density at radius 1 is 1.16 bits per heavy atom. The Morgan fingerprint density at radius 2 is 2.00 bits per heavy atom. The van der Waals surface area contributed by atoms with Crippen molar-refractivity contribution in [1.82, 2.24) is 9.88 Å². The van der Waals surface area contributed by atoms with Gasteiger partial charge in [0.15, 0.2) is 0 Å². The molecule has 3 aromatic rings. The molecule has 1 aromatic heterocycles. The van der Waals surface area contributed by atoms with E-state index in [9.17, 15) is 14.7 Å². The Bertz CT molecular complexity index is 1380. The van der Waals surface area contributed by atoms with Crippen LogP contribution in [0.1, 0.15) is 55.5 Å². The summed E-state index contributed by atoms with van der Waals surface area (Å²) in [5, 5.41) is 11.5. The second-order valence-corrected chi connectivity index (χ2v) is 10.3. The van der Waals surface area contributed by atoms with E-state index in [1.54, 1.807) is 30.6 Å². The molecule has 0 spiro atoms. The molecular formula is C31H32N2O5. The van der Waals surface area contributed by atoms with Crippen LogP contribution in [0.5, 0.6) is 11.5 Å². The van der Waals surface area contributed by atoms with Crippen molar-refractivity contribution in [2.24, 2.45) is 5.92 Å². The van der Waals surface area contributed by atoms with Crippen LogP contribution in [0, 0.1) is 5.92 Å². The molecule has 0 bridgehead atoms. The maximum absolute atomic E-state index is 13.4. The zero-order chi connectivity index (χ0) is 26.8. The highest BCUT2D eigenvalue weighted by molar-refractivity contribution is 6.46. The third-order valence-corrected chi connectivity index (χ3v) is 6.92. The number of benzene rings is 2. The largest absolute Gasteiger partial charge is 0.507 e. The SMILES string of the molecule is CC(C)CCOc1cccc([C@H]2C(=C(O)c3ccc4c(c3)C[C@@H](C)O4)C(=O)C(=O)N2Cc2cccnc2)c1. The van der Waals surface area contributed by atoms with Crippen LogP contribution in [0.25, 0.3) is 5.76 Å². The number of hydrogen-bond acceptors (Lipinski definition) is 6. The van der Waals surface area contributed by atoms with Gasteiger partial charge in [-0.2, -0.15) is 0 Å². The van der Waals surface area contributed by atoms with Crippen molar-refractivity contribution >= 4 is 17.4 Å². The number of nitrogens with zero attached hydrogens (tertiary/aromatic N) is 2. The van der Waals surface area contributed by atoms with Crippen LogP contribution < -0.4 is 9.47 Å². The number of likely N-dealkylation sites (tertiary alicyclic amines) is 1. The quantitative estimate of drug-likeness (QED) is 0.245. The molecule has 196 valence electrons. The van der Waals surface area contributed by atoms with E-state index in [4.69, 9.17) is 9.47 Å². The number of aromatic nitrogens is 1. The number of ether oxygens (including phenoxy) is 2. The molecule has 1 saturated heterocycles. The van der Waals surface area contributed by atoms with Gasteiger partial charge in [0, 0.05) is 30.9 Å². The minimum atomic E-state index is -0.785. The molecule has 2 aliphatic heterocycles. The molecule has 0 radical (unpaired) electrons. The summed E-state index contributed by atoms with van der Waals surface area (Å²) >= 11 is 0. The van der Waals surface area contributed by atoms with E-state index in [1.165, 1.54) is 4.90 Å². The summed E-state index contributed by atoms with van der Waals surface area (Å²) < 4.78 is 11.8. The number of aliphatic hydroxyl groups excluding tert-OH is 1. The molecule has 7 nitrogen and oxygen atoms in total. The smallest absolute Gasteiger partial charge is 0.295 e. The van der Waals surface area contributed by atoms with Crippen LogP contribution in [0.15, 0.2) is 72.6 Å². The Hall–Kier alpha value is -4.13. The Kier molecular flexibility index (Phi) is 7.18. The van der Waals surface area contributed by atoms with E-state index in [1.807, 2.05) is 43.3 Å². The van der Waals surface area contributed by atoms with Gasteiger partial charge in [-0.3, -0.25) is 14.6 Å². The lowest BCUT2D eigenvalue weighted by Crippen LogP contribution is -2.29. The third kappa shape index (κ3) is 5.14. The molecule has 0 aliphatic carbocycles. The van der Waals surface area contributed by atoms with Gasteiger partial charge in [-0.05, 0) is 72.4 Å². The van der Waals surface area contributed by atoms with Crippen molar-refractivity contribution in [3.8, 4) is 11.5 Å². The number of hydrogen-bond donors (Lipinski definition) is 1. The van der Waals surface area contributed by atoms with Crippen LogP contribution in [-0.4, -0.2) is 39.4 Å². The summed E-state index contributed by atoms with van der Waals surface area (Å²) in [7, 11) is 0. The van der Waals surface area contributed by atoms with Crippen molar-refractivity contribution in [2.45, 2.75) is 52.3 Å². The standard InChI is InChI=1S/C31H32N2O5/c1-19(2)11-13-37-25-8-4-7-22(16-25)28-27(29(34)23-9-10-26-24(15-23)14-20(3)38-26)30(35)31(36)33(28)18-21-6-5-12-32-17-21/h4-10,12,15-17,19-20,28,34H,11,13-14,18H2,1-3H3/t20-,28+/m1/s1. The van der Waals surface area contributed by atoms with Crippen molar-refractivity contribution in [1.29, 1.82) is 0 Å². The summed E-state index contributed by atoms with van der Waals surface area (Å²) in [5.74, 6) is 0.353. The fourth-order valence-electron chi connectivity index (χ4n) is 4.99. The number of pyridine rings is 1. The van der Waals surface area contributed by atoms with Crippen molar-refractivity contribution in [2.75, 3.05) is 6.61 Å². The van der Waals surface area contributed by atoms with Crippen LogP contribution in [0.4, 0.5) is 0 Å². The first-order chi connectivity index (χ1) is 18.3. The highest BCUT2D eigenvalue weighted by Crippen LogP contribution is 2.42. The summed E-state index contributed by atoms with van der Waals surface area (Å²) in [4.78, 5) is 32.5. The van der Waals surface area contributed by atoms with Crippen molar-refractivity contribution in [3.05, 3.63) is 94.8 Å². The molecule has 38 heavy (non-hydrogen) atoms. The molecule has 1 amide bonds. The van der Waals surface area contributed by atoms with Crippen LogP contribution in [-0.2, 0) is 22.6 Å². The molecule has 5 rings (SSSR count). The van der Waals surface area contributed by atoms with E-state index < -0.39 is 17.7 Å². The summed E-state index contributed by atoms with van der Waals surface area (Å²) in [6.45, 7) is 7.00. The third-order valence-electron chi connectivity index (χ3n) is 6.92. The molecule has 0 saturated carbocycles. The fraction of sp³-hybridized carbons (Fsp3) is 0.323. The van der Waals surface area contributed by atoms with E-state index in [0.717, 1.165) is 23.3 Å². The lowest BCUT2D eigenvalue weighted by Gasteiger charge is -2.25. The van der Waals surface area contributed by atoms with Gasteiger partial charge in [0.2, 0.25) is 0 Å². The number of carbonyl (C=O) groups excluding carboxylic acids is 2. The second-order valence-electron chi connectivity index (χ2n) is 10.3. The predicted octanol–water partition coefficient (Wildman–Crippen LogP) is 5.45. The van der Waals surface area contributed by atoms with Crippen LogP contribution in [0.3, 0.4) is 0 Å². The Labute approximate surface area is 222 Å². The lowest BCUT2D eigenvalue weighted by molar-refractivity contribution is -0.140. The first kappa shape index (κ1) is 25.5. The first-order valence-corrected chi connectivity index (χ1v) is 13.0. The number of fused-ring (bicyclic) bond motifs is 1. The Balaban J connectivity index is 1.57.